The van der Waals surface area contributed by atoms with Gasteiger partial charge >= 0.3 is 80.9 Å². The van der Waals surface area contributed by atoms with Gasteiger partial charge < -0.3 is 13.5 Å². The Morgan fingerprint density at radius 2 is 1.15 bits per heavy atom. The van der Waals surface area contributed by atoms with Gasteiger partial charge in [-0.05, 0) is 39.8 Å². The van der Waals surface area contributed by atoms with Crippen LogP contribution in [0.3, 0.4) is 0 Å². The minimum absolute atomic E-state index is 0. The molecule has 0 saturated heterocycles. The third-order valence-electron chi connectivity index (χ3n) is 2.58. The summed E-state index contributed by atoms with van der Waals surface area (Å²) < 4.78 is 52.4. The van der Waals surface area contributed by atoms with Crippen LogP contribution in [0.1, 0.15) is 30.5 Å². The van der Waals surface area contributed by atoms with Gasteiger partial charge in [-0.15, -0.1) is 3.63 Å². The summed E-state index contributed by atoms with van der Waals surface area (Å²) in [6.45, 7) is 12.0. The Morgan fingerprint density at radius 1 is 0.889 bits per heavy atom. The van der Waals surface area contributed by atoms with Crippen LogP contribution < -0.4 is 91.6 Å². The van der Waals surface area contributed by atoms with Crippen LogP contribution in [0.2, 0.25) is 0 Å². The minimum Gasteiger partial charge on any atom is -1.00 e. The molecule has 0 aromatic carbocycles. The van der Waals surface area contributed by atoms with Crippen molar-refractivity contribution in [3.8, 4) is 0 Å². The Kier molecular flexibility index (Phi) is 15.2. The van der Waals surface area contributed by atoms with Gasteiger partial charge in [0.15, 0.2) is 0 Å². The Labute approximate surface area is 229 Å². The predicted molar refractivity (Wildman–Crippen MR) is 95.7 cm³/mol. The average Bonchev–Trinajstić information content (AvgIpc) is 2.32. The summed E-state index contributed by atoms with van der Waals surface area (Å²) in [5, 5.41) is 4.70. The molecule has 0 fully saturated rings. The number of rotatable bonds is 10. The first-order valence-corrected chi connectivity index (χ1v) is 10.2. The number of nitrogens with one attached hydrogen (secondary N) is 2. The molecule has 2 N–H and O–H groups in total. The summed E-state index contributed by atoms with van der Waals surface area (Å²) in [6.07, 6.45) is 1.91. The SMILES string of the molecule is C=CC(=O)NC(C)(C)CS(=O)(=O)OS(=O)(=O)CC(C)(C)NC(=O)C=C.[H-].[H-].[K+].[Na+]. The van der Waals surface area contributed by atoms with Crippen LogP contribution in [-0.4, -0.2) is 51.2 Å². The van der Waals surface area contributed by atoms with Crippen LogP contribution in [0.15, 0.2) is 25.3 Å². The van der Waals surface area contributed by atoms with E-state index in [1.165, 1.54) is 27.7 Å². The summed E-state index contributed by atoms with van der Waals surface area (Å²) in [5.41, 5.74) is -2.57. The van der Waals surface area contributed by atoms with Crippen LogP contribution in [-0.2, 0) is 33.5 Å². The van der Waals surface area contributed by atoms with Crippen LogP contribution in [0, 0.1) is 0 Å². The molecule has 13 heteroatoms. The van der Waals surface area contributed by atoms with Crippen LogP contribution in [0.5, 0.6) is 0 Å². The molecule has 0 aliphatic rings. The molecule has 0 rings (SSSR count). The molecule has 0 aliphatic heterocycles. The fraction of sp³-hybridized carbons (Fsp3) is 0.571. The van der Waals surface area contributed by atoms with Crippen molar-refractivity contribution in [2.75, 3.05) is 11.5 Å². The number of hydrogen-bond donors (Lipinski definition) is 2. The normalized spacial score (nSPS) is 12.0. The molecule has 0 spiro atoms. The first-order chi connectivity index (χ1) is 11.0. The molecule has 0 radical (unpaired) electrons. The third-order valence-corrected chi connectivity index (χ3v) is 6.39. The summed E-state index contributed by atoms with van der Waals surface area (Å²) >= 11 is 0. The summed E-state index contributed by atoms with van der Waals surface area (Å²) in [6, 6.07) is 0. The summed E-state index contributed by atoms with van der Waals surface area (Å²) in [4.78, 5) is 22.6. The van der Waals surface area contributed by atoms with Crippen LogP contribution >= 0.6 is 0 Å². The average molecular weight is 461 g/mol. The van der Waals surface area contributed by atoms with Crippen molar-refractivity contribution in [3.05, 3.63) is 25.3 Å². The molecular weight excluding hydrogens is 434 g/mol. The molecule has 0 saturated carbocycles. The van der Waals surface area contributed by atoms with Gasteiger partial charge in [0.05, 0.1) is 22.6 Å². The van der Waals surface area contributed by atoms with Crippen molar-refractivity contribution in [2.24, 2.45) is 0 Å². The molecule has 0 heterocycles. The second-order valence-electron chi connectivity index (χ2n) is 6.63. The molecule has 2 amide bonds. The smallest absolute Gasteiger partial charge is 1.00 e. The summed E-state index contributed by atoms with van der Waals surface area (Å²) in [5.74, 6) is -2.79. The standard InChI is InChI=1S/C14H24N2O7S2.K.Na.2H/c1-7-11(17)15-13(3,4)9-24(19,20)23-25(21,22)10-14(5,6)16-12(18)8-2;;;;/h7-8H,1-2,9-10H2,3-6H3,(H,15,17)(H,16,18);;;;/q;2*+1;2*-1. The molecule has 0 unspecified atom stereocenters. The number of carbonyl (C=O) groups is 2. The van der Waals surface area contributed by atoms with Gasteiger partial charge in [0.1, 0.15) is 0 Å². The maximum Gasteiger partial charge on any atom is 1.00 e. The quantitative estimate of drug-likeness (QED) is 0.245. The largest absolute Gasteiger partial charge is 1.00 e. The van der Waals surface area contributed by atoms with Gasteiger partial charge in [0.2, 0.25) is 11.8 Å². The van der Waals surface area contributed by atoms with Gasteiger partial charge in [-0.25, -0.2) is 0 Å². The molecule has 0 aromatic rings. The number of hydrogen-bond acceptors (Lipinski definition) is 7. The van der Waals surface area contributed by atoms with Gasteiger partial charge in [-0.1, -0.05) is 13.2 Å². The topological polar surface area (TPSA) is 136 Å². The maximum atomic E-state index is 12.0. The zero-order chi connectivity index (χ0) is 20.1. The Balaban J connectivity index is -0.000000480. The predicted octanol–water partition coefficient (Wildman–Crippen LogP) is -5.94. The van der Waals surface area contributed by atoms with E-state index in [9.17, 15) is 26.4 Å². The van der Waals surface area contributed by atoms with Gasteiger partial charge in [0.25, 0.3) is 20.2 Å². The Bertz CT molecular complexity index is 709. The molecule has 0 aromatic heterocycles. The molecule has 0 bridgehead atoms. The van der Waals surface area contributed by atoms with Crippen molar-refractivity contribution in [1.82, 2.24) is 10.6 Å². The van der Waals surface area contributed by atoms with Crippen molar-refractivity contribution in [1.29, 1.82) is 0 Å². The van der Waals surface area contributed by atoms with E-state index in [1.54, 1.807) is 0 Å². The van der Waals surface area contributed by atoms with Crippen molar-refractivity contribution in [2.45, 2.75) is 38.8 Å². The van der Waals surface area contributed by atoms with Crippen LogP contribution in [0.25, 0.3) is 0 Å². The molecule has 0 aliphatic carbocycles. The summed E-state index contributed by atoms with van der Waals surface area (Å²) in [7, 11) is -9.05. The van der Waals surface area contributed by atoms with Crippen molar-refractivity contribution in [3.63, 3.8) is 0 Å². The second kappa shape index (κ2) is 12.6. The first-order valence-electron chi connectivity index (χ1n) is 7.09. The first kappa shape index (κ1) is 32.6. The monoisotopic (exact) mass is 460 g/mol. The van der Waals surface area contributed by atoms with Crippen molar-refractivity contribution >= 4 is 32.1 Å². The number of amides is 2. The third kappa shape index (κ3) is 15.4. The molecule has 148 valence electrons. The van der Waals surface area contributed by atoms with E-state index in [0.29, 0.717) is 0 Å². The van der Waals surface area contributed by atoms with Gasteiger partial charge in [0, 0.05) is 0 Å². The zero-order valence-corrected chi connectivity index (χ0v) is 23.4. The second-order valence-corrected chi connectivity index (χ2v) is 9.98. The van der Waals surface area contributed by atoms with E-state index in [1.807, 2.05) is 0 Å². The van der Waals surface area contributed by atoms with E-state index in [-0.39, 0.29) is 83.8 Å². The Hall–Kier alpha value is 0.916. The Morgan fingerprint density at radius 3 is 1.37 bits per heavy atom. The van der Waals surface area contributed by atoms with E-state index in [4.69, 9.17) is 0 Å². The zero-order valence-electron chi connectivity index (χ0n) is 18.7. The number of carbonyl (C=O) groups excluding carboxylic acids is 2. The fourth-order valence-corrected chi connectivity index (χ4v) is 5.49. The van der Waals surface area contributed by atoms with Gasteiger partial charge in [-0.3, -0.25) is 9.59 Å². The maximum absolute atomic E-state index is 12.0. The van der Waals surface area contributed by atoms with Gasteiger partial charge in [-0.2, -0.15) is 16.8 Å². The molecule has 27 heavy (non-hydrogen) atoms. The van der Waals surface area contributed by atoms with Crippen molar-refractivity contribution < 1.29 is 114 Å². The van der Waals surface area contributed by atoms with Crippen LogP contribution in [0.4, 0.5) is 0 Å². The molecule has 0 atom stereocenters. The van der Waals surface area contributed by atoms with E-state index < -0.39 is 54.6 Å². The van der Waals surface area contributed by atoms with E-state index in [0.717, 1.165) is 12.2 Å². The minimum atomic E-state index is -4.53. The van der Waals surface area contributed by atoms with E-state index >= 15 is 0 Å². The molecular formula is C14H26KN2NaO7S2. The van der Waals surface area contributed by atoms with E-state index in [2.05, 4.69) is 27.4 Å². The molecule has 9 nitrogen and oxygen atoms in total. The fourth-order valence-electron chi connectivity index (χ4n) is 1.93.